The molecule has 2 amide bonds. The van der Waals surface area contributed by atoms with Gasteiger partial charge in [-0.25, -0.2) is 0 Å². The lowest BCUT2D eigenvalue weighted by Gasteiger charge is -2.30. The molecule has 27 heavy (non-hydrogen) atoms. The molecule has 0 radical (unpaired) electrons. The minimum absolute atomic E-state index is 0.0733. The molecule has 8 heteroatoms. The van der Waals surface area contributed by atoms with E-state index in [1.807, 2.05) is 35.7 Å². The summed E-state index contributed by atoms with van der Waals surface area (Å²) in [5, 5.41) is 14.8. The van der Waals surface area contributed by atoms with Gasteiger partial charge in [0.15, 0.2) is 11.7 Å². The Morgan fingerprint density at radius 3 is 2.52 bits per heavy atom. The number of carboxylic acids is 1. The van der Waals surface area contributed by atoms with Gasteiger partial charge in [0.05, 0.1) is 0 Å². The Morgan fingerprint density at radius 2 is 1.89 bits per heavy atom. The second-order valence-electron chi connectivity index (χ2n) is 6.23. The third-order valence-electron chi connectivity index (χ3n) is 4.37. The second kappa shape index (κ2) is 8.13. The summed E-state index contributed by atoms with van der Waals surface area (Å²) in [5.41, 5.74) is 3.09. The van der Waals surface area contributed by atoms with Crippen LogP contribution in [-0.4, -0.2) is 46.7 Å². The Morgan fingerprint density at radius 1 is 1.15 bits per heavy atom. The number of aliphatic carboxylic acids is 1. The lowest BCUT2D eigenvalue weighted by molar-refractivity contribution is -0.152. The first-order chi connectivity index (χ1) is 13.0. The molecule has 2 N–H and O–H groups in total. The summed E-state index contributed by atoms with van der Waals surface area (Å²) in [7, 11) is 0. The summed E-state index contributed by atoms with van der Waals surface area (Å²) >= 11 is 1.62. The van der Waals surface area contributed by atoms with E-state index in [0.717, 1.165) is 16.7 Å². The molecule has 1 unspecified atom stereocenters. The van der Waals surface area contributed by atoms with Crippen molar-refractivity contribution in [2.45, 2.75) is 13.0 Å². The highest BCUT2D eigenvalue weighted by atomic mass is 32.1. The summed E-state index contributed by atoms with van der Waals surface area (Å²) in [6.07, 6.45) is 0.0733. The van der Waals surface area contributed by atoms with E-state index in [1.165, 1.54) is 4.90 Å². The first-order valence-corrected chi connectivity index (χ1v) is 9.32. The smallest absolute Gasteiger partial charge is 0.322 e. The van der Waals surface area contributed by atoms with Gasteiger partial charge >= 0.3 is 5.97 Å². The lowest BCUT2D eigenvalue weighted by atomic mass is 9.94. The molecule has 1 aromatic carbocycles. The zero-order valence-electron chi connectivity index (χ0n) is 14.4. The average Bonchev–Trinajstić information content (AvgIpc) is 3.18. The van der Waals surface area contributed by atoms with Gasteiger partial charge in [-0.1, -0.05) is 24.3 Å². The number of hydrogen-bond acceptors (Lipinski definition) is 5. The maximum atomic E-state index is 12.6. The number of carbonyl (C=O) groups is 4. The number of nitrogens with one attached hydrogen (secondary N) is 1. The third kappa shape index (κ3) is 4.40. The predicted molar refractivity (Wildman–Crippen MR) is 98.9 cm³/mol. The highest BCUT2D eigenvalue weighted by Crippen LogP contribution is 2.23. The van der Waals surface area contributed by atoms with Crippen molar-refractivity contribution in [1.29, 1.82) is 0 Å². The number of carbonyl (C=O) groups excluding carboxylic acids is 3. The van der Waals surface area contributed by atoms with Crippen LogP contribution >= 0.6 is 11.3 Å². The van der Waals surface area contributed by atoms with E-state index in [0.29, 0.717) is 6.54 Å². The molecule has 1 saturated heterocycles. The van der Waals surface area contributed by atoms with Gasteiger partial charge in [-0.2, -0.15) is 11.3 Å². The SMILES string of the molecule is O=C(O)CNC(=O)C1C(=O)CCN(Cc2ccc(-c3ccsc3)cc2)C1=O. The number of Topliss-reactive ketones (excluding diaryl/α,β-unsaturated/α-hetero) is 1. The fraction of sp³-hybridized carbons (Fsp3) is 0.263. The van der Waals surface area contributed by atoms with Gasteiger partial charge < -0.3 is 15.3 Å². The van der Waals surface area contributed by atoms with Crippen LogP contribution in [0.1, 0.15) is 12.0 Å². The number of hydrogen-bond donors (Lipinski definition) is 2. The summed E-state index contributed by atoms with van der Waals surface area (Å²) < 4.78 is 0. The number of thiophene rings is 1. The molecule has 2 heterocycles. The minimum atomic E-state index is -1.47. The Kier molecular flexibility index (Phi) is 5.66. The summed E-state index contributed by atoms with van der Waals surface area (Å²) in [4.78, 5) is 48.7. The van der Waals surface area contributed by atoms with Crippen LogP contribution in [0.25, 0.3) is 11.1 Å². The quantitative estimate of drug-likeness (QED) is 0.733. The first-order valence-electron chi connectivity index (χ1n) is 8.38. The Labute approximate surface area is 159 Å². The van der Waals surface area contributed by atoms with Crippen LogP contribution in [-0.2, 0) is 25.7 Å². The molecule has 1 atom stereocenters. The van der Waals surface area contributed by atoms with Crippen molar-refractivity contribution in [3.63, 3.8) is 0 Å². The zero-order valence-corrected chi connectivity index (χ0v) is 15.2. The van der Waals surface area contributed by atoms with Crippen molar-refractivity contribution in [3.05, 3.63) is 46.7 Å². The molecule has 1 fully saturated rings. The second-order valence-corrected chi connectivity index (χ2v) is 7.01. The van der Waals surface area contributed by atoms with Gasteiger partial charge in [-0.15, -0.1) is 0 Å². The zero-order chi connectivity index (χ0) is 19.4. The van der Waals surface area contributed by atoms with E-state index in [2.05, 4.69) is 10.7 Å². The average molecular weight is 386 g/mol. The van der Waals surface area contributed by atoms with Gasteiger partial charge in [-0.3, -0.25) is 19.2 Å². The van der Waals surface area contributed by atoms with Crippen LogP contribution in [0.5, 0.6) is 0 Å². The van der Waals surface area contributed by atoms with Crippen LogP contribution in [0.3, 0.4) is 0 Å². The van der Waals surface area contributed by atoms with E-state index in [1.54, 1.807) is 11.3 Å². The Bertz CT molecular complexity index is 861. The molecule has 140 valence electrons. The predicted octanol–water partition coefficient (Wildman–Crippen LogP) is 1.53. The number of piperidine rings is 1. The molecule has 0 aliphatic carbocycles. The summed E-state index contributed by atoms with van der Waals surface area (Å²) in [6, 6.07) is 9.79. The molecule has 0 saturated carbocycles. The van der Waals surface area contributed by atoms with Gasteiger partial charge in [0, 0.05) is 19.5 Å². The number of ketones is 1. The van der Waals surface area contributed by atoms with Crippen molar-refractivity contribution in [2.75, 3.05) is 13.1 Å². The minimum Gasteiger partial charge on any atom is -0.480 e. The van der Waals surface area contributed by atoms with Crippen LogP contribution in [0, 0.1) is 5.92 Å². The van der Waals surface area contributed by atoms with E-state index >= 15 is 0 Å². The van der Waals surface area contributed by atoms with Crippen LogP contribution < -0.4 is 5.32 Å². The standard InChI is InChI=1S/C19H18N2O5S/c22-15-5-7-21(19(26)17(15)18(25)20-9-16(23)24)10-12-1-3-13(4-2-12)14-6-8-27-11-14/h1-4,6,8,11,17H,5,7,9-10H2,(H,20,25)(H,23,24). The Hall–Kier alpha value is -3.00. The van der Waals surface area contributed by atoms with Gasteiger partial charge in [-0.05, 0) is 33.5 Å². The van der Waals surface area contributed by atoms with Gasteiger partial charge in [0.25, 0.3) is 0 Å². The number of likely N-dealkylation sites (tertiary alicyclic amines) is 1. The largest absolute Gasteiger partial charge is 0.480 e. The topological polar surface area (TPSA) is 104 Å². The molecule has 3 rings (SSSR count). The molecular formula is C19H18N2O5S. The van der Waals surface area contributed by atoms with E-state index < -0.39 is 36.0 Å². The van der Waals surface area contributed by atoms with Gasteiger partial charge in [0.2, 0.25) is 11.8 Å². The molecule has 2 aromatic rings. The highest BCUT2D eigenvalue weighted by molar-refractivity contribution is 7.08. The highest BCUT2D eigenvalue weighted by Gasteiger charge is 2.40. The van der Waals surface area contributed by atoms with Crippen LogP contribution in [0.2, 0.25) is 0 Å². The number of rotatable bonds is 6. The number of benzene rings is 1. The molecule has 0 bridgehead atoms. The maximum Gasteiger partial charge on any atom is 0.322 e. The summed E-state index contributed by atoms with van der Waals surface area (Å²) in [5.74, 6) is -4.63. The van der Waals surface area contributed by atoms with E-state index in [-0.39, 0.29) is 13.0 Å². The number of amides is 2. The first kappa shape index (κ1) is 18.8. The van der Waals surface area contributed by atoms with Crippen molar-refractivity contribution < 1.29 is 24.3 Å². The van der Waals surface area contributed by atoms with E-state index in [9.17, 15) is 19.2 Å². The van der Waals surface area contributed by atoms with Crippen molar-refractivity contribution >= 4 is 34.9 Å². The maximum absolute atomic E-state index is 12.6. The molecule has 1 aromatic heterocycles. The molecule has 7 nitrogen and oxygen atoms in total. The third-order valence-corrected chi connectivity index (χ3v) is 5.05. The lowest BCUT2D eigenvalue weighted by Crippen LogP contribution is -2.52. The van der Waals surface area contributed by atoms with Crippen LogP contribution in [0.4, 0.5) is 0 Å². The van der Waals surface area contributed by atoms with Gasteiger partial charge in [0.1, 0.15) is 6.54 Å². The van der Waals surface area contributed by atoms with Crippen molar-refractivity contribution in [2.24, 2.45) is 5.92 Å². The van der Waals surface area contributed by atoms with Crippen molar-refractivity contribution in [3.8, 4) is 11.1 Å². The number of carboxylic acid groups (broad SMARTS) is 1. The molecule has 1 aliphatic rings. The molecule has 0 spiro atoms. The molecule has 1 aliphatic heterocycles. The number of nitrogens with zero attached hydrogens (tertiary/aromatic N) is 1. The molecular weight excluding hydrogens is 368 g/mol. The van der Waals surface area contributed by atoms with Crippen LogP contribution in [0.15, 0.2) is 41.1 Å². The van der Waals surface area contributed by atoms with Crippen molar-refractivity contribution in [1.82, 2.24) is 10.2 Å². The fourth-order valence-electron chi connectivity index (χ4n) is 2.95. The fourth-order valence-corrected chi connectivity index (χ4v) is 3.62. The monoisotopic (exact) mass is 386 g/mol. The normalized spacial score (nSPS) is 17.0. The van der Waals surface area contributed by atoms with E-state index in [4.69, 9.17) is 5.11 Å². The Balaban J connectivity index is 1.67. The summed E-state index contributed by atoms with van der Waals surface area (Å²) in [6.45, 7) is -0.0919.